The van der Waals surface area contributed by atoms with E-state index in [2.05, 4.69) is 17.0 Å². The Bertz CT molecular complexity index is 954. The average molecular weight is 458 g/mol. The third-order valence-corrected chi connectivity index (χ3v) is 7.22. The van der Waals surface area contributed by atoms with Crippen molar-refractivity contribution in [2.24, 2.45) is 0 Å². The van der Waals surface area contributed by atoms with Gasteiger partial charge in [-0.2, -0.15) is 0 Å². The molecule has 0 spiro atoms. The predicted molar refractivity (Wildman–Crippen MR) is 129 cm³/mol. The highest BCUT2D eigenvalue weighted by atomic mass is 32.2. The quantitative estimate of drug-likeness (QED) is 0.668. The van der Waals surface area contributed by atoms with Gasteiger partial charge in [0.25, 0.3) is 5.91 Å². The van der Waals surface area contributed by atoms with Gasteiger partial charge in [-0.3, -0.25) is 4.79 Å². The highest BCUT2D eigenvalue weighted by Crippen LogP contribution is 2.30. The fourth-order valence-corrected chi connectivity index (χ4v) is 5.02. The van der Waals surface area contributed by atoms with E-state index in [1.54, 1.807) is 30.8 Å². The number of thioether (sulfide) groups is 1. The van der Waals surface area contributed by atoms with E-state index in [0.29, 0.717) is 37.4 Å². The van der Waals surface area contributed by atoms with E-state index in [0.717, 1.165) is 42.1 Å². The fourth-order valence-electron chi connectivity index (χ4n) is 4.58. The zero-order valence-electron chi connectivity index (χ0n) is 18.9. The van der Waals surface area contributed by atoms with Crippen molar-refractivity contribution < 1.29 is 14.3 Å². The molecule has 0 saturated carbocycles. The molecule has 172 valence electrons. The first-order valence-corrected chi connectivity index (χ1v) is 12.6. The standard InChI is InChI=1S/C25H32FN3O2S/c1-18(30)19-6-8-24(22(26)16-19)28-12-14-29(15-13-28)25(31)21-17-20(32-2)7-9-23(21)27-10-4-3-5-11-27/h6-9,16-18,30H,3-5,10-15H2,1-2H3. The van der Waals surface area contributed by atoms with Crippen molar-refractivity contribution in [3.8, 4) is 0 Å². The van der Waals surface area contributed by atoms with Crippen LogP contribution < -0.4 is 9.80 Å². The minimum atomic E-state index is -0.695. The Balaban J connectivity index is 1.49. The van der Waals surface area contributed by atoms with Gasteiger partial charge in [0.15, 0.2) is 0 Å². The number of aliphatic hydroxyl groups is 1. The molecule has 7 heteroatoms. The molecule has 1 amide bonds. The lowest BCUT2D eigenvalue weighted by Gasteiger charge is -2.37. The molecule has 0 bridgehead atoms. The van der Waals surface area contributed by atoms with E-state index in [1.807, 2.05) is 22.1 Å². The molecule has 2 aliphatic rings. The Morgan fingerprint density at radius 2 is 1.59 bits per heavy atom. The number of piperazine rings is 1. The van der Waals surface area contributed by atoms with Crippen LogP contribution in [0.25, 0.3) is 0 Å². The number of piperidine rings is 1. The van der Waals surface area contributed by atoms with Gasteiger partial charge < -0.3 is 19.8 Å². The van der Waals surface area contributed by atoms with Crippen LogP contribution in [0.15, 0.2) is 41.3 Å². The number of amides is 1. The summed E-state index contributed by atoms with van der Waals surface area (Å²) < 4.78 is 14.6. The number of benzene rings is 2. The van der Waals surface area contributed by atoms with Gasteiger partial charge in [0.1, 0.15) is 5.82 Å². The number of carbonyl (C=O) groups is 1. The summed E-state index contributed by atoms with van der Waals surface area (Å²) >= 11 is 1.65. The molecule has 1 unspecified atom stereocenters. The Labute approximate surface area is 194 Å². The van der Waals surface area contributed by atoms with Gasteiger partial charge in [0.2, 0.25) is 0 Å². The number of rotatable bonds is 5. The average Bonchev–Trinajstić information content (AvgIpc) is 2.83. The summed E-state index contributed by atoms with van der Waals surface area (Å²) in [6, 6.07) is 11.1. The summed E-state index contributed by atoms with van der Waals surface area (Å²) in [6.45, 7) is 5.89. The van der Waals surface area contributed by atoms with Gasteiger partial charge in [0, 0.05) is 49.9 Å². The minimum absolute atomic E-state index is 0.0612. The van der Waals surface area contributed by atoms with Crippen molar-refractivity contribution in [3.05, 3.63) is 53.3 Å². The van der Waals surface area contributed by atoms with Crippen LogP contribution in [-0.4, -0.2) is 61.4 Å². The Morgan fingerprint density at radius 3 is 2.22 bits per heavy atom. The number of anilines is 2. The second kappa shape index (κ2) is 10.1. The number of hydrogen-bond donors (Lipinski definition) is 1. The minimum Gasteiger partial charge on any atom is -0.389 e. The zero-order chi connectivity index (χ0) is 22.7. The van der Waals surface area contributed by atoms with Crippen LogP contribution in [0.2, 0.25) is 0 Å². The second-order valence-electron chi connectivity index (χ2n) is 8.60. The highest BCUT2D eigenvalue weighted by molar-refractivity contribution is 7.98. The van der Waals surface area contributed by atoms with Crippen LogP contribution in [-0.2, 0) is 0 Å². The molecular formula is C25H32FN3O2S. The lowest BCUT2D eigenvalue weighted by atomic mass is 10.1. The Hall–Kier alpha value is -2.25. The van der Waals surface area contributed by atoms with Crippen molar-refractivity contribution in [2.45, 2.75) is 37.2 Å². The van der Waals surface area contributed by atoms with E-state index in [9.17, 15) is 14.3 Å². The second-order valence-corrected chi connectivity index (χ2v) is 9.48. The van der Waals surface area contributed by atoms with Crippen molar-refractivity contribution in [2.75, 3.05) is 55.3 Å². The third kappa shape index (κ3) is 4.89. The number of halogens is 1. The first kappa shape index (κ1) is 22.9. The van der Waals surface area contributed by atoms with Crippen LogP contribution in [0.5, 0.6) is 0 Å². The molecule has 32 heavy (non-hydrogen) atoms. The van der Waals surface area contributed by atoms with Crippen LogP contribution in [0, 0.1) is 5.82 Å². The van der Waals surface area contributed by atoms with Crippen LogP contribution in [0.3, 0.4) is 0 Å². The molecule has 2 heterocycles. The molecule has 2 aliphatic heterocycles. The highest BCUT2D eigenvalue weighted by Gasteiger charge is 2.27. The molecule has 2 aromatic carbocycles. The van der Waals surface area contributed by atoms with E-state index >= 15 is 0 Å². The molecule has 0 aliphatic carbocycles. The summed E-state index contributed by atoms with van der Waals surface area (Å²) in [5.74, 6) is -0.269. The first-order chi connectivity index (χ1) is 15.5. The van der Waals surface area contributed by atoms with Crippen LogP contribution in [0.4, 0.5) is 15.8 Å². The van der Waals surface area contributed by atoms with Gasteiger partial charge in [-0.15, -0.1) is 11.8 Å². The summed E-state index contributed by atoms with van der Waals surface area (Å²) in [7, 11) is 0. The Morgan fingerprint density at radius 1 is 0.938 bits per heavy atom. The van der Waals surface area contributed by atoms with Crippen LogP contribution >= 0.6 is 11.8 Å². The number of carbonyl (C=O) groups excluding carboxylic acids is 1. The lowest BCUT2D eigenvalue weighted by Crippen LogP contribution is -2.49. The zero-order valence-corrected chi connectivity index (χ0v) is 19.7. The first-order valence-electron chi connectivity index (χ1n) is 11.4. The maximum absolute atomic E-state index is 14.6. The van der Waals surface area contributed by atoms with Gasteiger partial charge in [-0.25, -0.2) is 4.39 Å². The summed E-state index contributed by atoms with van der Waals surface area (Å²) in [5.41, 5.74) is 2.91. The maximum atomic E-state index is 14.6. The largest absolute Gasteiger partial charge is 0.389 e. The van der Waals surface area contributed by atoms with Crippen molar-refractivity contribution in [1.29, 1.82) is 0 Å². The molecular weight excluding hydrogens is 425 g/mol. The third-order valence-electron chi connectivity index (χ3n) is 6.49. The molecule has 2 aromatic rings. The molecule has 0 radical (unpaired) electrons. The van der Waals surface area contributed by atoms with Gasteiger partial charge in [0.05, 0.1) is 17.4 Å². The number of aliphatic hydroxyl groups excluding tert-OH is 1. The van der Waals surface area contributed by atoms with Crippen molar-refractivity contribution in [3.63, 3.8) is 0 Å². The molecule has 2 fully saturated rings. The lowest BCUT2D eigenvalue weighted by molar-refractivity contribution is 0.0747. The molecule has 1 atom stereocenters. The summed E-state index contributed by atoms with van der Waals surface area (Å²) in [5, 5.41) is 9.68. The predicted octanol–water partition coefficient (Wildman–Crippen LogP) is 4.55. The van der Waals surface area contributed by atoms with Gasteiger partial charge in [-0.05, 0) is 68.3 Å². The molecule has 1 N–H and O–H groups in total. The van der Waals surface area contributed by atoms with Gasteiger partial charge in [-0.1, -0.05) is 6.07 Å². The van der Waals surface area contributed by atoms with Crippen molar-refractivity contribution in [1.82, 2.24) is 4.90 Å². The fraction of sp³-hybridized carbons (Fsp3) is 0.480. The van der Waals surface area contributed by atoms with Gasteiger partial charge >= 0.3 is 0 Å². The van der Waals surface area contributed by atoms with E-state index in [-0.39, 0.29) is 11.7 Å². The van der Waals surface area contributed by atoms with Crippen LogP contribution in [0.1, 0.15) is 48.2 Å². The van der Waals surface area contributed by atoms with Crippen molar-refractivity contribution >= 4 is 29.0 Å². The molecule has 0 aromatic heterocycles. The van der Waals surface area contributed by atoms with E-state index in [1.165, 1.54) is 12.5 Å². The molecule has 4 rings (SSSR count). The Kier molecular flexibility index (Phi) is 7.26. The molecule has 5 nitrogen and oxygen atoms in total. The number of hydrogen-bond acceptors (Lipinski definition) is 5. The van der Waals surface area contributed by atoms with E-state index in [4.69, 9.17) is 0 Å². The smallest absolute Gasteiger partial charge is 0.256 e. The monoisotopic (exact) mass is 457 g/mol. The normalized spacial score (nSPS) is 18.1. The summed E-state index contributed by atoms with van der Waals surface area (Å²) in [4.78, 5) is 20.8. The van der Waals surface area contributed by atoms with E-state index < -0.39 is 6.10 Å². The SMILES string of the molecule is CSc1ccc(N2CCCCC2)c(C(=O)N2CCN(c3ccc(C(C)O)cc3F)CC2)c1. The maximum Gasteiger partial charge on any atom is 0.256 e. The topological polar surface area (TPSA) is 47.0 Å². The number of nitrogens with zero attached hydrogens (tertiary/aromatic N) is 3. The summed E-state index contributed by atoms with van der Waals surface area (Å²) in [6.07, 6.45) is 4.91. The molecule has 2 saturated heterocycles.